The Kier molecular flexibility index (Phi) is 3.13. The number of fused-ring (bicyclic) bond motifs is 1. The normalized spacial score (nSPS) is 25.9. The van der Waals surface area contributed by atoms with Crippen molar-refractivity contribution in [2.45, 2.75) is 30.9 Å². The van der Waals surface area contributed by atoms with Crippen molar-refractivity contribution in [1.29, 1.82) is 0 Å². The first-order valence-corrected chi connectivity index (χ1v) is 6.78. The molecule has 0 radical (unpaired) electrons. The van der Waals surface area contributed by atoms with Gasteiger partial charge in [-0.2, -0.15) is 0 Å². The molecule has 1 aliphatic carbocycles. The van der Waals surface area contributed by atoms with Gasteiger partial charge in [0.1, 0.15) is 0 Å². The number of aliphatic hydroxyl groups is 1. The fourth-order valence-electron chi connectivity index (χ4n) is 3.15. The lowest BCUT2D eigenvalue weighted by Gasteiger charge is -2.37. The van der Waals surface area contributed by atoms with E-state index < -0.39 is 5.60 Å². The average molecular weight is 253 g/mol. The Bertz CT molecular complexity index is 566. The van der Waals surface area contributed by atoms with E-state index in [2.05, 4.69) is 18.2 Å². The van der Waals surface area contributed by atoms with Gasteiger partial charge in [0, 0.05) is 12.5 Å². The summed E-state index contributed by atoms with van der Waals surface area (Å²) in [7, 11) is 0. The van der Waals surface area contributed by atoms with Gasteiger partial charge in [0.2, 0.25) is 0 Å². The minimum absolute atomic E-state index is 0.0311. The highest BCUT2D eigenvalue weighted by Crippen LogP contribution is 2.37. The second-order valence-electron chi connectivity index (χ2n) is 5.52. The Hall–Kier alpha value is -1.64. The molecule has 3 N–H and O–H groups in total. The smallest absolute Gasteiger partial charge is 0.0954 e. The molecule has 1 aliphatic rings. The van der Waals surface area contributed by atoms with Crippen molar-refractivity contribution in [2.24, 2.45) is 5.73 Å². The lowest BCUT2D eigenvalue weighted by atomic mass is 9.74. The molecule has 2 aromatic carbocycles. The number of hydrogen-bond donors (Lipinski definition) is 2. The highest BCUT2D eigenvalue weighted by molar-refractivity contribution is 5.37. The second kappa shape index (κ2) is 4.80. The molecular weight excluding hydrogens is 234 g/mol. The Morgan fingerprint density at radius 1 is 1.05 bits per heavy atom. The minimum atomic E-state index is -0.838. The maximum Gasteiger partial charge on any atom is 0.0954 e. The van der Waals surface area contributed by atoms with E-state index in [9.17, 15) is 5.11 Å². The molecule has 0 heterocycles. The molecule has 2 atom stereocenters. The van der Waals surface area contributed by atoms with E-state index in [4.69, 9.17) is 5.73 Å². The molecule has 19 heavy (non-hydrogen) atoms. The minimum Gasteiger partial charge on any atom is -0.385 e. The zero-order valence-corrected chi connectivity index (χ0v) is 10.9. The van der Waals surface area contributed by atoms with Gasteiger partial charge in [-0.3, -0.25) is 0 Å². The summed E-state index contributed by atoms with van der Waals surface area (Å²) < 4.78 is 0. The predicted molar refractivity (Wildman–Crippen MR) is 76.8 cm³/mol. The van der Waals surface area contributed by atoms with Crippen LogP contribution in [-0.4, -0.2) is 11.1 Å². The molecule has 3 rings (SSSR count). The molecule has 2 nitrogen and oxygen atoms in total. The van der Waals surface area contributed by atoms with Crippen molar-refractivity contribution in [3.63, 3.8) is 0 Å². The topological polar surface area (TPSA) is 46.2 Å². The van der Waals surface area contributed by atoms with Crippen molar-refractivity contribution in [3.8, 4) is 0 Å². The van der Waals surface area contributed by atoms with E-state index in [1.165, 1.54) is 5.56 Å². The molecule has 0 unspecified atom stereocenters. The van der Waals surface area contributed by atoms with Crippen LogP contribution in [0.5, 0.6) is 0 Å². The van der Waals surface area contributed by atoms with Crippen LogP contribution in [0.4, 0.5) is 0 Å². The van der Waals surface area contributed by atoms with Gasteiger partial charge in [0.15, 0.2) is 0 Å². The van der Waals surface area contributed by atoms with Crippen LogP contribution in [0.3, 0.4) is 0 Å². The SMILES string of the molecule is N[C@@H]1Cc2ccccc2[C@@](O)(Cc2ccccc2)C1. The van der Waals surface area contributed by atoms with Crippen molar-refractivity contribution < 1.29 is 5.11 Å². The Balaban J connectivity index is 1.99. The van der Waals surface area contributed by atoms with Crippen LogP contribution in [0, 0.1) is 0 Å². The molecule has 98 valence electrons. The lowest BCUT2D eigenvalue weighted by molar-refractivity contribution is 0.0136. The third kappa shape index (κ3) is 2.42. The molecule has 0 aliphatic heterocycles. The van der Waals surface area contributed by atoms with Gasteiger partial charge in [-0.25, -0.2) is 0 Å². The van der Waals surface area contributed by atoms with Crippen LogP contribution in [0.2, 0.25) is 0 Å². The van der Waals surface area contributed by atoms with Crippen molar-refractivity contribution >= 4 is 0 Å². The van der Waals surface area contributed by atoms with E-state index in [1.807, 2.05) is 36.4 Å². The number of hydrogen-bond acceptors (Lipinski definition) is 2. The van der Waals surface area contributed by atoms with Crippen LogP contribution in [0.15, 0.2) is 54.6 Å². The summed E-state index contributed by atoms with van der Waals surface area (Å²) in [5.74, 6) is 0. The first-order valence-electron chi connectivity index (χ1n) is 6.78. The molecule has 0 aromatic heterocycles. The van der Waals surface area contributed by atoms with Gasteiger partial charge in [-0.1, -0.05) is 54.6 Å². The van der Waals surface area contributed by atoms with Crippen LogP contribution in [-0.2, 0) is 18.4 Å². The molecule has 2 aromatic rings. The average Bonchev–Trinajstić information content (AvgIpc) is 2.39. The summed E-state index contributed by atoms with van der Waals surface area (Å²) >= 11 is 0. The van der Waals surface area contributed by atoms with Crippen LogP contribution in [0.25, 0.3) is 0 Å². The monoisotopic (exact) mass is 253 g/mol. The molecule has 2 heteroatoms. The molecule has 0 saturated carbocycles. The number of nitrogens with two attached hydrogens (primary N) is 1. The van der Waals surface area contributed by atoms with Crippen LogP contribution in [0.1, 0.15) is 23.1 Å². The molecule has 0 bridgehead atoms. The first-order chi connectivity index (χ1) is 9.17. The van der Waals surface area contributed by atoms with Gasteiger partial charge < -0.3 is 10.8 Å². The van der Waals surface area contributed by atoms with E-state index in [1.54, 1.807) is 0 Å². The summed E-state index contributed by atoms with van der Waals surface area (Å²) in [6.07, 6.45) is 2.10. The van der Waals surface area contributed by atoms with Gasteiger partial charge in [-0.15, -0.1) is 0 Å². The fraction of sp³-hybridized carbons (Fsp3) is 0.294. The first kappa shape index (κ1) is 12.4. The second-order valence-corrected chi connectivity index (χ2v) is 5.52. The summed E-state index contributed by atoms with van der Waals surface area (Å²) in [6, 6.07) is 18.3. The summed E-state index contributed by atoms with van der Waals surface area (Å²) in [6.45, 7) is 0. The van der Waals surface area contributed by atoms with Gasteiger partial charge in [-0.05, 0) is 29.5 Å². The predicted octanol–water partition coefficient (Wildman–Crippen LogP) is 2.39. The van der Waals surface area contributed by atoms with E-state index in [-0.39, 0.29) is 6.04 Å². The molecule has 0 spiro atoms. The van der Waals surface area contributed by atoms with Crippen molar-refractivity contribution in [3.05, 3.63) is 71.3 Å². The van der Waals surface area contributed by atoms with Crippen molar-refractivity contribution in [1.82, 2.24) is 0 Å². The quantitative estimate of drug-likeness (QED) is 0.863. The maximum absolute atomic E-state index is 11.1. The summed E-state index contributed by atoms with van der Waals surface area (Å²) in [4.78, 5) is 0. The molecular formula is C17H19NO. The zero-order chi connectivity index (χ0) is 13.3. The van der Waals surface area contributed by atoms with E-state index in [0.29, 0.717) is 12.8 Å². The zero-order valence-electron chi connectivity index (χ0n) is 10.9. The largest absolute Gasteiger partial charge is 0.385 e. The van der Waals surface area contributed by atoms with Gasteiger partial charge >= 0.3 is 0 Å². The maximum atomic E-state index is 11.1. The van der Waals surface area contributed by atoms with Crippen LogP contribution < -0.4 is 5.73 Å². The third-order valence-corrected chi connectivity index (χ3v) is 3.94. The van der Waals surface area contributed by atoms with Crippen molar-refractivity contribution in [2.75, 3.05) is 0 Å². The Labute approximate surface area is 113 Å². The number of rotatable bonds is 2. The Morgan fingerprint density at radius 2 is 1.74 bits per heavy atom. The fourth-order valence-corrected chi connectivity index (χ4v) is 3.15. The van der Waals surface area contributed by atoms with E-state index >= 15 is 0 Å². The standard InChI is InChI=1S/C17H19NO/c18-15-10-14-8-4-5-9-16(14)17(19,12-15)11-13-6-2-1-3-7-13/h1-9,15,19H,10-12,18H2/t15-,17-/m1/s1. The van der Waals surface area contributed by atoms with Gasteiger partial charge in [0.05, 0.1) is 5.60 Å². The third-order valence-electron chi connectivity index (χ3n) is 3.94. The highest BCUT2D eigenvalue weighted by atomic mass is 16.3. The van der Waals surface area contributed by atoms with E-state index in [0.717, 1.165) is 17.5 Å². The molecule has 0 amide bonds. The summed E-state index contributed by atoms with van der Waals surface area (Å²) in [5.41, 5.74) is 8.65. The lowest BCUT2D eigenvalue weighted by Crippen LogP contribution is -2.42. The van der Waals surface area contributed by atoms with Gasteiger partial charge in [0.25, 0.3) is 0 Å². The Morgan fingerprint density at radius 3 is 2.53 bits per heavy atom. The summed E-state index contributed by atoms with van der Waals surface area (Å²) in [5, 5.41) is 11.1. The molecule has 0 saturated heterocycles. The van der Waals surface area contributed by atoms with Crippen LogP contribution >= 0.6 is 0 Å². The molecule has 0 fully saturated rings. The highest BCUT2D eigenvalue weighted by Gasteiger charge is 2.37. The number of benzene rings is 2.